The summed E-state index contributed by atoms with van der Waals surface area (Å²) in [6.45, 7) is 7.74. The average Bonchev–Trinajstić information content (AvgIpc) is 2.63. The van der Waals surface area contributed by atoms with E-state index in [-0.39, 0.29) is 5.41 Å². The third-order valence-corrected chi connectivity index (χ3v) is 2.55. The van der Waals surface area contributed by atoms with Gasteiger partial charge in [0.2, 0.25) is 0 Å². The fourth-order valence-electron chi connectivity index (χ4n) is 1.43. The molecule has 0 unspecified atom stereocenters. The summed E-state index contributed by atoms with van der Waals surface area (Å²) < 4.78 is 2.10. The van der Waals surface area contributed by atoms with Gasteiger partial charge in [-0.3, -0.25) is 4.68 Å². The number of hydrogen-bond donors (Lipinski definition) is 0. The smallest absolute Gasteiger partial charge is 0.0677 e. The van der Waals surface area contributed by atoms with E-state index in [1.54, 1.807) is 0 Å². The normalized spacial score (nSPS) is 17.8. The molecule has 0 N–H and O–H groups in total. The second-order valence-electron chi connectivity index (χ2n) is 5.12. The minimum Gasteiger partial charge on any atom is -0.272 e. The van der Waals surface area contributed by atoms with Gasteiger partial charge in [-0.25, -0.2) is 0 Å². The maximum Gasteiger partial charge on any atom is 0.0677 e. The SMILES string of the molecule is CC(C)(C)c1ccn(CC2CC2)n1. The first-order valence-electron chi connectivity index (χ1n) is 5.09. The van der Waals surface area contributed by atoms with Gasteiger partial charge in [-0.2, -0.15) is 5.10 Å². The number of aromatic nitrogens is 2. The monoisotopic (exact) mass is 178 g/mol. The first-order valence-corrected chi connectivity index (χ1v) is 5.09. The molecule has 0 spiro atoms. The first kappa shape index (κ1) is 8.79. The van der Waals surface area contributed by atoms with Crippen molar-refractivity contribution < 1.29 is 0 Å². The van der Waals surface area contributed by atoms with Gasteiger partial charge in [-0.15, -0.1) is 0 Å². The zero-order valence-corrected chi connectivity index (χ0v) is 8.75. The van der Waals surface area contributed by atoms with Crippen LogP contribution in [0.3, 0.4) is 0 Å². The summed E-state index contributed by atoms with van der Waals surface area (Å²) in [6.07, 6.45) is 4.90. The maximum atomic E-state index is 4.58. The lowest BCUT2D eigenvalue weighted by Gasteiger charge is -2.14. The van der Waals surface area contributed by atoms with E-state index in [4.69, 9.17) is 0 Å². The van der Waals surface area contributed by atoms with Gasteiger partial charge < -0.3 is 0 Å². The predicted octanol–water partition coefficient (Wildman–Crippen LogP) is 2.59. The minimum absolute atomic E-state index is 0.189. The molecule has 0 aliphatic heterocycles. The van der Waals surface area contributed by atoms with Gasteiger partial charge in [0, 0.05) is 18.2 Å². The molecule has 0 aromatic carbocycles. The van der Waals surface area contributed by atoms with Crippen LogP contribution in [0.25, 0.3) is 0 Å². The molecule has 0 radical (unpaired) electrons. The molecule has 0 bridgehead atoms. The zero-order valence-electron chi connectivity index (χ0n) is 8.75. The van der Waals surface area contributed by atoms with Crippen molar-refractivity contribution in [2.75, 3.05) is 0 Å². The number of hydrogen-bond acceptors (Lipinski definition) is 1. The maximum absolute atomic E-state index is 4.58. The van der Waals surface area contributed by atoms with Crippen LogP contribution in [0.15, 0.2) is 12.3 Å². The van der Waals surface area contributed by atoms with Gasteiger partial charge in [-0.1, -0.05) is 20.8 Å². The minimum atomic E-state index is 0.189. The van der Waals surface area contributed by atoms with Crippen LogP contribution in [0.1, 0.15) is 39.3 Å². The van der Waals surface area contributed by atoms with E-state index in [2.05, 4.69) is 42.8 Å². The molecular formula is C11H18N2. The summed E-state index contributed by atoms with van der Waals surface area (Å²) in [5.41, 5.74) is 1.39. The molecule has 2 rings (SSSR count). The molecule has 1 aliphatic carbocycles. The van der Waals surface area contributed by atoms with E-state index < -0.39 is 0 Å². The fourth-order valence-corrected chi connectivity index (χ4v) is 1.43. The lowest BCUT2D eigenvalue weighted by molar-refractivity contribution is 0.514. The molecule has 1 heterocycles. The van der Waals surface area contributed by atoms with Crippen LogP contribution >= 0.6 is 0 Å². The van der Waals surface area contributed by atoms with Gasteiger partial charge in [0.25, 0.3) is 0 Å². The van der Waals surface area contributed by atoms with Crippen LogP contribution in [0.4, 0.5) is 0 Å². The van der Waals surface area contributed by atoms with E-state index >= 15 is 0 Å². The Kier molecular flexibility index (Phi) is 1.94. The molecule has 2 nitrogen and oxygen atoms in total. The summed E-state index contributed by atoms with van der Waals surface area (Å²) in [6, 6.07) is 2.14. The summed E-state index contributed by atoms with van der Waals surface area (Å²) in [5, 5.41) is 4.58. The average molecular weight is 178 g/mol. The molecular weight excluding hydrogens is 160 g/mol. The van der Waals surface area contributed by atoms with Crippen molar-refractivity contribution in [1.29, 1.82) is 0 Å². The largest absolute Gasteiger partial charge is 0.272 e. The third kappa shape index (κ3) is 2.11. The summed E-state index contributed by atoms with van der Waals surface area (Å²) in [7, 11) is 0. The predicted molar refractivity (Wildman–Crippen MR) is 53.7 cm³/mol. The first-order chi connectivity index (χ1) is 6.05. The standard InChI is InChI=1S/C11H18N2/c1-11(2,3)10-6-7-13(12-10)8-9-4-5-9/h6-7,9H,4-5,8H2,1-3H3. The summed E-state index contributed by atoms with van der Waals surface area (Å²) in [5.74, 6) is 0.910. The highest BCUT2D eigenvalue weighted by atomic mass is 15.3. The highest BCUT2D eigenvalue weighted by molar-refractivity contribution is 5.10. The van der Waals surface area contributed by atoms with Crippen LogP contribution in [0.2, 0.25) is 0 Å². The molecule has 2 heteroatoms. The van der Waals surface area contributed by atoms with Crippen molar-refractivity contribution >= 4 is 0 Å². The quantitative estimate of drug-likeness (QED) is 0.680. The van der Waals surface area contributed by atoms with Crippen LogP contribution in [-0.2, 0) is 12.0 Å². The molecule has 0 saturated heterocycles. The molecule has 1 fully saturated rings. The summed E-state index contributed by atoms with van der Waals surface area (Å²) in [4.78, 5) is 0. The Morgan fingerprint density at radius 3 is 2.62 bits per heavy atom. The van der Waals surface area contributed by atoms with Crippen molar-refractivity contribution in [3.63, 3.8) is 0 Å². The number of rotatable bonds is 2. The number of nitrogens with zero attached hydrogens (tertiary/aromatic N) is 2. The van der Waals surface area contributed by atoms with E-state index in [9.17, 15) is 0 Å². The van der Waals surface area contributed by atoms with Gasteiger partial charge in [0.15, 0.2) is 0 Å². The van der Waals surface area contributed by atoms with Gasteiger partial charge in [0.05, 0.1) is 5.69 Å². The highest BCUT2D eigenvalue weighted by Crippen LogP contribution is 2.30. The Bertz CT molecular complexity index is 289. The molecule has 0 atom stereocenters. The Morgan fingerprint density at radius 2 is 2.15 bits per heavy atom. The van der Waals surface area contributed by atoms with Gasteiger partial charge >= 0.3 is 0 Å². The molecule has 1 aromatic heterocycles. The van der Waals surface area contributed by atoms with E-state index in [1.165, 1.54) is 18.5 Å². The van der Waals surface area contributed by atoms with E-state index in [1.807, 2.05) is 0 Å². The van der Waals surface area contributed by atoms with Crippen molar-refractivity contribution in [1.82, 2.24) is 9.78 Å². The zero-order chi connectivity index (χ0) is 9.47. The van der Waals surface area contributed by atoms with Gasteiger partial charge in [0.1, 0.15) is 0 Å². The van der Waals surface area contributed by atoms with Crippen molar-refractivity contribution in [2.24, 2.45) is 5.92 Å². The molecule has 1 aromatic rings. The fraction of sp³-hybridized carbons (Fsp3) is 0.727. The Labute approximate surface area is 80.0 Å². The molecule has 72 valence electrons. The van der Waals surface area contributed by atoms with Crippen molar-refractivity contribution in [3.05, 3.63) is 18.0 Å². The van der Waals surface area contributed by atoms with E-state index in [0.717, 1.165) is 12.5 Å². The Morgan fingerprint density at radius 1 is 1.46 bits per heavy atom. The molecule has 1 saturated carbocycles. The van der Waals surface area contributed by atoms with Gasteiger partial charge in [-0.05, 0) is 24.8 Å². The Balaban J connectivity index is 2.08. The third-order valence-electron chi connectivity index (χ3n) is 2.55. The lowest BCUT2D eigenvalue weighted by atomic mass is 9.93. The summed E-state index contributed by atoms with van der Waals surface area (Å²) >= 11 is 0. The van der Waals surface area contributed by atoms with Crippen LogP contribution in [0.5, 0.6) is 0 Å². The van der Waals surface area contributed by atoms with Crippen molar-refractivity contribution in [2.45, 2.75) is 45.6 Å². The lowest BCUT2D eigenvalue weighted by Crippen LogP contribution is -2.13. The highest BCUT2D eigenvalue weighted by Gasteiger charge is 2.23. The Hall–Kier alpha value is -0.790. The second-order valence-corrected chi connectivity index (χ2v) is 5.12. The van der Waals surface area contributed by atoms with Crippen LogP contribution < -0.4 is 0 Å². The van der Waals surface area contributed by atoms with Crippen LogP contribution in [0, 0.1) is 5.92 Å². The second kappa shape index (κ2) is 2.86. The van der Waals surface area contributed by atoms with Crippen LogP contribution in [-0.4, -0.2) is 9.78 Å². The van der Waals surface area contributed by atoms with E-state index in [0.29, 0.717) is 0 Å². The topological polar surface area (TPSA) is 17.8 Å². The van der Waals surface area contributed by atoms with Crippen molar-refractivity contribution in [3.8, 4) is 0 Å². The molecule has 0 amide bonds. The molecule has 1 aliphatic rings. The molecule has 13 heavy (non-hydrogen) atoms.